The number of pyridine rings is 1. The summed E-state index contributed by atoms with van der Waals surface area (Å²) in [5.74, 6) is 0.667. The second-order valence-corrected chi connectivity index (χ2v) is 20.6. The van der Waals surface area contributed by atoms with Crippen molar-refractivity contribution in [3.05, 3.63) is 116 Å². The monoisotopic (exact) mass is 995 g/mol. The zero-order chi connectivity index (χ0) is 49.0. The lowest BCUT2D eigenvalue weighted by atomic mass is 10.00. The summed E-state index contributed by atoms with van der Waals surface area (Å²) in [5, 5.41) is 29.9. The van der Waals surface area contributed by atoms with Crippen molar-refractivity contribution in [1.82, 2.24) is 39.3 Å². The number of fused-ring (bicyclic) bond motifs is 4. The molecule has 1 atom stereocenters. The van der Waals surface area contributed by atoms with Crippen LogP contribution in [-0.2, 0) is 38.3 Å². The number of nitrogens with zero attached hydrogens (tertiary/aromatic N) is 7. The molecule has 0 aliphatic carbocycles. The Morgan fingerprint density at radius 3 is 2.23 bits per heavy atom. The van der Waals surface area contributed by atoms with Crippen molar-refractivity contribution in [2.24, 2.45) is 4.99 Å². The summed E-state index contributed by atoms with van der Waals surface area (Å²) in [6.07, 6.45) is 13.6. The molecule has 2 aromatic carbocycles. The summed E-state index contributed by atoms with van der Waals surface area (Å²) in [7, 11) is 0.178. The molecule has 18 heteroatoms. The minimum atomic E-state index is -1.52. The topological polar surface area (TPSA) is 185 Å². The number of aliphatic carboxylic acids is 1. The Kier molecular flexibility index (Phi) is 18.1. The Labute approximate surface area is 415 Å². The van der Waals surface area contributed by atoms with E-state index in [1.54, 1.807) is 54.4 Å². The number of carboxylic acid groups (broad SMARTS) is 1. The van der Waals surface area contributed by atoms with E-state index in [0.717, 1.165) is 102 Å². The summed E-state index contributed by atoms with van der Waals surface area (Å²) in [5.41, 5.74) is 7.73. The van der Waals surface area contributed by atoms with Crippen LogP contribution in [0.2, 0.25) is 5.02 Å². The van der Waals surface area contributed by atoms with Gasteiger partial charge in [0.2, 0.25) is 5.91 Å². The predicted molar refractivity (Wildman–Crippen MR) is 272 cm³/mol. The van der Waals surface area contributed by atoms with Crippen LogP contribution in [0.3, 0.4) is 0 Å². The minimum absolute atomic E-state index is 0.0243. The number of rotatable bonds is 19. The van der Waals surface area contributed by atoms with Gasteiger partial charge in [-0.3, -0.25) is 23.9 Å². The molecule has 2 aliphatic rings. The van der Waals surface area contributed by atoms with E-state index in [1.807, 2.05) is 53.7 Å². The third-order valence-corrected chi connectivity index (χ3v) is 15.6. The van der Waals surface area contributed by atoms with E-state index < -0.39 is 17.0 Å². The van der Waals surface area contributed by atoms with Gasteiger partial charge >= 0.3 is 5.97 Å². The lowest BCUT2D eigenvalue weighted by Gasteiger charge is -2.30. The summed E-state index contributed by atoms with van der Waals surface area (Å²) in [6.45, 7) is 10.9. The number of hydrogen-bond donors (Lipinski definition) is 3. The first-order chi connectivity index (χ1) is 33.3. The molecular weight excluding hydrogens is 934 g/mol. The number of methoxy groups -OCH3 is 1. The van der Waals surface area contributed by atoms with E-state index in [0.29, 0.717) is 47.7 Å². The van der Waals surface area contributed by atoms with Crippen molar-refractivity contribution in [3.63, 3.8) is 0 Å². The highest BCUT2D eigenvalue weighted by atomic mass is 35.5. The molecule has 15 nitrogen and oxygen atoms in total. The van der Waals surface area contributed by atoms with Crippen LogP contribution in [0.15, 0.2) is 76.9 Å². The number of piperidine rings is 1. The van der Waals surface area contributed by atoms with E-state index in [9.17, 15) is 23.7 Å². The quantitative estimate of drug-likeness (QED) is 0.0667. The summed E-state index contributed by atoms with van der Waals surface area (Å²) in [6, 6.07) is 16.9. The minimum Gasteiger partial charge on any atom is -0.481 e. The average molecular weight is 997 g/mol. The van der Waals surface area contributed by atoms with Gasteiger partial charge < -0.3 is 20.5 Å². The van der Waals surface area contributed by atoms with Crippen molar-refractivity contribution in [1.29, 1.82) is 0 Å². The maximum absolute atomic E-state index is 14.0. The molecular formula is C51H62ClN9O6S2. The largest absolute Gasteiger partial charge is 0.481 e. The lowest BCUT2D eigenvalue weighted by molar-refractivity contribution is -0.136. The smallest absolute Gasteiger partial charge is 0.307 e. The van der Waals surface area contributed by atoms with E-state index in [2.05, 4.69) is 44.3 Å². The van der Waals surface area contributed by atoms with E-state index in [4.69, 9.17) is 21.3 Å². The first-order valence-corrected chi connectivity index (χ1v) is 26.0. The van der Waals surface area contributed by atoms with Crippen LogP contribution in [0.5, 0.6) is 0 Å². The number of unbranched alkanes of at least 4 members (excludes halogenated alkanes) is 7. The van der Waals surface area contributed by atoms with Crippen LogP contribution in [0.1, 0.15) is 120 Å². The van der Waals surface area contributed by atoms with Crippen LogP contribution in [-0.4, -0.2) is 101 Å². The Balaban J connectivity index is 0.000000253. The summed E-state index contributed by atoms with van der Waals surface area (Å²) >= 11 is 7.80. The highest BCUT2D eigenvalue weighted by Crippen LogP contribution is 2.37. The standard InChI is InChI=1S/C34H47N5O6S.C17H15ClN4S/c1-25(40)35-16-9-7-5-3-4-6-8-10-17-36-34(43)27-11-12-30(32(22-27)46(44)38-18-14-29(45-2)15-19-38)26-13-20-39-31(21-26)28(24-37-39)23-33(41)42;1-9-10(2)23-17-15(9)16(12-4-6-13(18)7-5-12)19-8-14-21-20-11(3)22(14)17/h11-13,20-22,24,29H,3-10,14-19,23H2,1-2H3,(H,35,40)(H,36,43)(H,41,42);4-7H,8H2,1-3H3. The fourth-order valence-corrected chi connectivity index (χ4v) is 11.5. The molecule has 1 unspecified atom stereocenters. The van der Waals surface area contributed by atoms with Gasteiger partial charge in [0.15, 0.2) is 5.82 Å². The number of aromatic nitrogens is 5. The molecule has 8 rings (SSSR count). The number of aryl methyl sites for hydroxylation is 2. The third-order valence-electron chi connectivity index (χ3n) is 12.6. The average Bonchev–Trinajstić information content (AvgIpc) is 3.98. The number of carbonyl (C=O) groups is 3. The molecule has 2 amide bonds. The first-order valence-electron chi connectivity index (χ1n) is 23.7. The van der Waals surface area contributed by atoms with Gasteiger partial charge in [-0.1, -0.05) is 68.3 Å². The number of carbonyl (C=O) groups excluding carboxylic acids is 2. The molecule has 6 aromatic rings. The van der Waals surface area contributed by atoms with Gasteiger partial charge in [-0.15, -0.1) is 21.5 Å². The number of amides is 2. The summed E-state index contributed by atoms with van der Waals surface area (Å²) < 4.78 is 25.2. The zero-order valence-electron chi connectivity index (χ0n) is 40.1. The van der Waals surface area contributed by atoms with Crippen molar-refractivity contribution in [2.75, 3.05) is 33.3 Å². The van der Waals surface area contributed by atoms with E-state index >= 15 is 0 Å². The molecule has 0 spiro atoms. The van der Waals surface area contributed by atoms with Crippen molar-refractivity contribution < 1.29 is 28.4 Å². The van der Waals surface area contributed by atoms with Crippen LogP contribution < -0.4 is 10.6 Å². The van der Waals surface area contributed by atoms with Crippen LogP contribution in [0.4, 0.5) is 0 Å². The molecule has 1 fully saturated rings. The molecule has 366 valence electrons. The highest BCUT2D eigenvalue weighted by molar-refractivity contribution is 7.82. The molecule has 3 N–H and O–H groups in total. The number of halogens is 1. The molecule has 4 aromatic heterocycles. The molecule has 0 bridgehead atoms. The van der Waals surface area contributed by atoms with Crippen molar-refractivity contribution in [2.45, 2.75) is 116 Å². The van der Waals surface area contributed by atoms with Gasteiger partial charge in [0.05, 0.1) is 34.8 Å². The number of hydrogen-bond acceptors (Lipinski definition) is 10. The Morgan fingerprint density at radius 2 is 1.57 bits per heavy atom. The van der Waals surface area contributed by atoms with Crippen LogP contribution in [0, 0.1) is 20.8 Å². The Bertz CT molecular complexity index is 2810. The lowest BCUT2D eigenvalue weighted by Crippen LogP contribution is -2.38. The van der Waals surface area contributed by atoms with Gasteiger partial charge in [0, 0.05) is 78.6 Å². The summed E-state index contributed by atoms with van der Waals surface area (Å²) in [4.78, 5) is 42.2. The second kappa shape index (κ2) is 24.3. The van der Waals surface area contributed by atoms with Crippen LogP contribution in [0.25, 0.3) is 21.6 Å². The maximum atomic E-state index is 14.0. The van der Waals surface area contributed by atoms with Gasteiger partial charge in [0.1, 0.15) is 28.4 Å². The second-order valence-electron chi connectivity index (χ2n) is 17.5. The van der Waals surface area contributed by atoms with Gasteiger partial charge in [-0.05, 0) is 99.5 Å². The van der Waals surface area contributed by atoms with Gasteiger partial charge in [0.25, 0.3) is 5.91 Å². The Morgan fingerprint density at radius 1 is 0.884 bits per heavy atom. The number of aliphatic imine (C=N–C) groups is 1. The first kappa shape index (κ1) is 51.3. The zero-order valence-corrected chi connectivity index (χ0v) is 42.4. The molecule has 2 aliphatic heterocycles. The SMILES string of the molecule is COC1CCN(S(=O)c2cc(C(=O)NCCCCCCCCCCNC(C)=O)ccc2-c2ccn3ncc(CC(=O)O)c3c2)CC1.Cc1sc2c(c1C)C(c1ccc(Cl)cc1)=NCc1nnc(C)n1-2. The number of thiophene rings is 1. The van der Waals surface area contributed by atoms with Crippen LogP contribution >= 0.6 is 22.9 Å². The fourth-order valence-electron chi connectivity index (χ4n) is 8.69. The van der Waals surface area contributed by atoms with E-state index in [-0.39, 0.29) is 24.3 Å². The number of ether oxygens (including phenoxy) is 1. The number of benzene rings is 2. The Hall–Kier alpha value is -5.59. The molecule has 69 heavy (non-hydrogen) atoms. The fraction of sp³-hybridized carbons (Fsp3) is 0.431. The maximum Gasteiger partial charge on any atom is 0.307 e. The van der Waals surface area contributed by atoms with Gasteiger partial charge in [-0.2, -0.15) is 5.10 Å². The number of carboxylic acids is 1. The molecule has 0 radical (unpaired) electrons. The van der Waals surface area contributed by atoms with Crippen molar-refractivity contribution >= 4 is 62.9 Å². The highest BCUT2D eigenvalue weighted by Gasteiger charge is 2.28. The third kappa shape index (κ3) is 13.0. The van der Waals surface area contributed by atoms with E-state index in [1.165, 1.54) is 28.8 Å². The molecule has 1 saturated heterocycles. The normalized spacial score (nSPS) is 14.3. The molecule has 0 saturated carbocycles. The molecule has 6 heterocycles. The van der Waals surface area contributed by atoms with Crippen molar-refractivity contribution in [3.8, 4) is 16.1 Å². The number of nitrogens with one attached hydrogen (secondary N) is 2. The predicted octanol–water partition coefficient (Wildman–Crippen LogP) is 9.01. The van der Waals surface area contributed by atoms with Gasteiger partial charge in [-0.25, -0.2) is 13.0 Å².